The molecule has 3 rings (SSSR count). The van der Waals surface area contributed by atoms with E-state index in [0.29, 0.717) is 13.1 Å². The van der Waals surface area contributed by atoms with Crippen LogP contribution >= 0.6 is 0 Å². The van der Waals surface area contributed by atoms with Gasteiger partial charge in [0.1, 0.15) is 5.82 Å². The molecular formula is C18H17FN2O2. The zero-order chi connectivity index (χ0) is 16.2. The third-order valence-electron chi connectivity index (χ3n) is 3.93. The van der Waals surface area contributed by atoms with Crippen molar-refractivity contribution >= 4 is 17.5 Å². The molecule has 1 saturated heterocycles. The van der Waals surface area contributed by atoms with E-state index in [1.165, 1.54) is 12.1 Å². The van der Waals surface area contributed by atoms with Crippen LogP contribution in [0.1, 0.15) is 12.0 Å². The summed E-state index contributed by atoms with van der Waals surface area (Å²) in [5.41, 5.74) is 1.17. The van der Waals surface area contributed by atoms with Gasteiger partial charge in [0.25, 0.3) is 0 Å². The molecule has 0 spiro atoms. The van der Waals surface area contributed by atoms with Crippen LogP contribution in [0.5, 0.6) is 0 Å². The van der Waals surface area contributed by atoms with Crippen molar-refractivity contribution in [2.24, 2.45) is 5.92 Å². The van der Waals surface area contributed by atoms with Crippen molar-refractivity contribution in [3.8, 4) is 0 Å². The third-order valence-corrected chi connectivity index (χ3v) is 3.93. The molecule has 0 unspecified atom stereocenters. The predicted octanol–water partition coefficient (Wildman–Crippen LogP) is 2.81. The monoisotopic (exact) mass is 312 g/mol. The number of amides is 2. The van der Waals surface area contributed by atoms with Crippen molar-refractivity contribution in [2.45, 2.75) is 13.0 Å². The minimum absolute atomic E-state index is 0.0532. The fourth-order valence-corrected chi connectivity index (χ4v) is 2.70. The highest BCUT2D eigenvalue weighted by Gasteiger charge is 2.34. The number of nitrogens with zero attached hydrogens (tertiary/aromatic N) is 1. The van der Waals surface area contributed by atoms with Crippen LogP contribution in [-0.4, -0.2) is 23.3 Å². The molecule has 5 heteroatoms. The number of likely N-dealkylation sites (tertiary alicyclic amines) is 1. The Bertz CT molecular complexity index is 718. The van der Waals surface area contributed by atoms with Gasteiger partial charge in [-0.2, -0.15) is 0 Å². The molecule has 118 valence electrons. The van der Waals surface area contributed by atoms with Gasteiger partial charge in [-0.3, -0.25) is 9.59 Å². The smallest absolute Gasteiger partial charge is 0.229 e. The first-order chi connectivity index (χ1) is 11.1. The largest absolute Gasteiger partial charge is 0.338 e. The van der Waals surface area contributed by atoms with Crippen LogP contribution in [0.4, 0.5) is 10.1 Å². The maximum absolute atomic E-state index is 13.6. The van der Waals surface area contributed by atoms with E-state index in [9.17, 15) is 14.0 Å². The Morgan fingerprint density at radius 1 is 1.13 bits per heavy atom. The second-order valence-corrected chi connectivity index (χ2v) is 5.63. The average Bonchev–Trinajstić information content (AvgIpc) is 2.92. The van der Waals surface area contributed by atoms with Crippen LogP contribution < -0.4 is 5.32 Å². The normalized spacial score (nSPS) is 17.3. The van der Waals surface area contributed by atoms with Crippen molar-refractivity contribution in [1.29, 1.82) is 0 Å². The van der Waals surface area contributed by atoms with Crippen LogP contribution in [-0.2, 0) is 16.1 Å². The summed E-state index contributed by atoms with van der Waals surface area (Å²) in [6, 6.07) is 15.6. The number of carbonyl (C=O) groups excluding carboxylic acids is 2. The van der Waals surface area contributed by atoms with Gasteiger partial charge in [-0.25, -0.2) is 4.39 Å². The SMILES string of the molecule is O=C(Nc1ccccc1F)[C@H]1CC(=O)N(Cc2ccccc2)C1. The summed E-state index contributed by atoms with van der Waals surface area (Å²) in [4.78, 5) is 26.0. The molecule has 1 heterocycles. The second kappa shape index (κ2) is 6.60. The molecule has 2 amide bonds. The van der Waals surface area contributed by atoms with Crippen LogP contribution in [0.15, 0.2) is 54.6 Å². The molecule has 2 aromatic rings. The van der Waals surface area contributed by atoms with Gasteiger partial charge in [0, 0.05) is 19.5 Å². The van der Waals surface area contributed by atoms with Gasteiger partial charge >= 0.3 is 0 Å². The van der Waals surface area contributed by atoms with E-state index in [1.54, 1.807) is 17.0 Å². The molecular weight excluding hydrogens is 295 g/mol. The van der Waals surface area contributed by atoms with E-state index in [4.69, 9.17) is 0 Å². The Morgan fingerprint density at radius 2 is 1.83 bits per heavy atom. The maximum atomic E-state index is 13.6. The van der Waals surface area contributed by atoms with Crippen molar-refractivity contribution in [1.82, 2.24) is 4.90 Å². The lowest BCUT2D eigenvalue weighted by Crippen LogP contribution is -2.28. The minimum atomic E-state index is -0.480. The van der Waals surface area contributed by atoms with E-state index < -0.39 is 11.7 Å². The van der Waals surface area contributed by atoms with E-state index >= 15 is 0 Å². The lowest BCUT2D eigenvalue weighted by molar-refractivity contribution is -0.128. The molecule has 4 nitrogen and oxygen atoms in total. The zero-order valence-corrected chi connectivity index (χ0v) is 12.5. The van der Waals surface area contributed by atoms with Gasteiger partial charge in [0.05, 0.1) is 11.6 Å². The van der Waals surface area contributed by atoms with E-state index in [0.717, 1.165) is 5.56 Å². The van der Waals surface area contributed by atoms with Crippen LogP contribution in [0, 0.1) is 11.7 Å². The van der Waals surface area contributed by atoms with Crippen LogP contribution in [0.25, 0.3) is 0 Å². The van der Waals surface area contributed by atoms with E-state index in [1.807, 2.05) is 30.3 Å². The second-order valence-electron chi connectivity index (χ2n) is 5.63. The molecule has 2 aromatic carbocycles. The van der Waals surface area contributed by atoms with Gasteiger partial charge in [-0.15, -0.1) is 0 Å². The Hall–Kier alpha value is -2.69. The number of hydrogen-bond acceptors (Lipinski definition) is 2. The minimum Gasteiger partial charge on any atom is -0.338 e. The number of halogens is 1. The summed E-state index contributed by atoms with van der Waals surface area (Å²) in [7, 11) is 0. The van der Waals surface area contributed by atoms with E-state index in [-0.39, 0.29) is 23.9 Å². The molecule has 1 N–H and O–H groups in total. The summed E-state index contributed by atoms with van der Waals surface area (Å²) in [6.07, 6.45) is 0.160. The maximum Gasteiger partial charge on any atom is 0.229 e. The molecule has 23 heavy (non-hydrogen) atoms. The standard InChI is InChI=1S/C18H17FN2O2/c19-15-8-4-5-9-16(15)20-18(23)14-10-17(22)21(12-14)11-13-6-2-1-3-7-13/h1-9,14H,10-12H2,(H,20,23)/t14-/m0/s1. The highest BCUT2D eigenvalue weighted by Crippen LogP contribution is 2.22. The highest BCUT2D eigenvalue weighted by molar-refractivity contribution is 5.97. The predicted molar refractivity (Wildman–Crippen MR) is 85.0 cm³/mol. The third kappa shape index (κ3) is 3.56. The first-order valence-electron chi connectivity index (χ1n) is 7.50. The summed E-state index contributed by atoms with van der Waals surface area (Å²) >= 11 is 0. The topological polar surface area (TPSA) is 49.4 Å². The van der Waals surface area contributed by atoms with Crippen molar-refractivity contribution < 1.29 is 14.0 Å². The van der Waals surface area contributed by atoms with Gasteiger partial charge in [-0.1, -0.05) is 42.5 Å². The summed E-state index contributed by atoms with van der Waals surface area (Å²) < 4.78 is 13.6. The molecule has 1 fully saturated rings. The number of hydrogen-bond donors (Lipinski definition) is 1. The van der Waals surface area contributed by atoms with Crippen molar-refractivity contribution in [3.05, 3.63) is 66.0 Å². The Balaban J connectivity index is 1.63. The Kier molecular flexibility index (Phi) is 4.37. The number of benzene rings is 2. The lowest BCUT2D eigenvalue weighted by Gasteiger charge is -2.16. The molecule has 0 aromatic heterocycles. The van der Waals surface area contributed by atoms with Crippen LogP contribution in [0.2, 0.25) is 0 Å². The lowest BCUT2D eigenvalue weighted by atomic mass is 10.1. The Labute approximate surface area is 133 Å². The van der Waals surface area contributed by atoms with Crippen LogP contribution in [0.3, 0.4) is 0 Å². The number of rotatable bonds is 4. The molecule has 0 saturated carbocycles. The first-order valence-corrected chi connectivity index (χ1v) is 7.50. The van der Waals surface area contributed by atoms with E-state index in [2.05, 4.69) is 5.32 Å². The Morgan fingerprint density at radius 3 is 2.57 bits per heavy atom. The van der Waals surface area contributed by atoms with Crippen molar-refractivity contribution in [3.63, 3.8) is 0 Å². The van der Waals surface area contributed by atoms with Crippen molar-refractivity contribution in [2.75, 3.05) is 11.9 Å². The molecule has 0 bridgehead atoms. The summed E-state index contributed by atoms with van der Waals surface area (Å²) in [5, 5.41) is 2.56. The summed E-state index contributed by atoms with van der Waals surface area (Å²) in [6.45, 7) is 0.844. The molecule has 1 aliphatic rings. The first kappa shape index (κ1) is 15.2. The molecule has 0 aliphatic carbocycles. The number of anilines is 1. The highest BCUT2D eigenvalue weighted by atomic mass is 19.1. The fraction of sp³-hybridized carbons (Fsp3) is 0.222. The number of para-hydroxylation sites is 1. The molecule has 0 radical (unpaired) electrons. The number of carbonyl (C=O) groups is 2. The molecule has 1 atom stereocenters. The number of nitrogens with one attached hydrogen (secondary N) is 1. The average molecular weight is 312 g/mol. The summed E-state index contributed by atoms with van der Waals surface area (Å²) in [5.74, 6) is -1.31. The van der Waals surface area contributed by atoms with Gasteiger partial charge < -0.3 is 10.2 Å². The van der Waals surface area contributed by atoms with Gasteiger partial charge in [0.2, 0.25) is 11.8 Å². The molecule has 1 aliphatic heterocycles. The van der Waals surface area contributed by atoms with Gasteiger partial charge in [-0.05, 0) is 17.7 Å². The fourth-order valence-electron chi connectivity index (χ4n) is 2.70. The zero-order valence-electron chi connectivity index (χ0n) is 12.5. The van der Waals surface area contributed by atoms with Gasteiger partial charge in [0.15, 0.2) is 0 Å². The quantitative estimate of drug-likeness (QED) is 0.944.